The lowest BCUT2D eigenvalue weighted by atomic mass is 10.0. The number of benzene rings is 3. The molecule has 1 saturated heterocycles. The van der Waals surface area contributed by atoms with Crippen LogP contribution in [0.25, 0.3) is 6.08 Å². The minimum absolute atomic E-state index is 0.0282. The first kappa shape index (κ1) is 28.1. The zero-order chi connectivity index (χ0) is 28.8. The maximum atomic E-state index is 13.3. The molecule has 0 aliphatic carbocycles. The van der Waals surface area contributed by atoms with Crippen LogP contribution in [0.5, 0.6) is 11.5 Å². The van der Waals surface area contributed by atoms with Crippen LogP contribution in [0.1, 0.15) is 23.6 Å². The highest BCUT2D eigenvalue weighted by molar-refractivity contribution is 6.42. The van der Waals surface area contributed by atoms with Gasteiger partial charge in [-0.3, -0.25) is 25.0 Å². The van der Waals surface area contributed by atoms with Gasteiger partial charge in [0.2, 0.25) is 0 Å². The molecule has 1 N–H and O–H groups in total. The monoisotopic (exact) mass is 561 g/mol. The van der Waals surface area contributed by atoms with Crippen molar-refractivity contribution in [1.82, 2.24) is 5.32 Å². The number of carbonyl (C=O) groups excluding carboxylic acids is 3. The molecule has 3 aromatic rings. The third-order valence-electron chi connectivity index (χ3n) is 5.85. The minimum Gasteiger partial charge on any atom is -0.490 e. The summed E-state index contributed by atoms with van der Waals surface area (Å²) in [6.07, 6.45) is 3.40. The summed E-state index contributed by atoms with van der Waals surface area (Å²) in [4.78, 5) is 49.8. The van der Waals surface area contributed by atoms with E-state index < -0.39 is 22.8 Å². The number of ether oxygens (including phenoxy) is 2. The van der Waals surface area contributed by atoms with Crippen LogP contribution in [0.4, 0.5) is 16.2 Å². The number of rotatable bonds is 10. The fourth-order valence-corrected chi connectivity index (χ4v) is 4.27. The molecule has 0 radical (unpaired) electrons. The second kappa shape index (κ2) is 12.3. The Morgan fingerprint density at radius 3 is 2.45 bits per heavy atom. The molecule has 1 fully saturated rings. The largest absolute Gasteiger partial charge is 0.490 e. The number of hydrogen-bond acceptors (Lipinski definition) is 7. The van der Waals surface area contributed by atoms with Gasteiger partial charge < -0.3 is 9.47 Å². The number of urea groups is 1. The van der Waals surface area contributed by atoms with Gasteiger partial charge in [0, 0.05) is 17.7 Å². The van der Waals surface area contributed by atoms with Crippen molar-refractivity contribution in [2.24, 2.45) is 0 Å². The number of barbiturate groups is 1. The number of non-ortho nitro benzene ring substituents is 1. The number of hydrogen-bond donors (Lipinski definition) is 1. The highest BCUT2D eigenvalue weighted by Crippen LogP contribution is 2.36. The number of para-hydroxylation sites is 1. The average molecular weight is 562 g/mol. The van der Waals surface area contributed by atoms with Gasteiger partial charge in [0.1, 0.15) is 12.2 Å². The van der Waals surface area contributed by atoms with E-state index in [1.807, 2.05) is 0 Å². The topological polar surface area (TPSA) is 128 Å². The van der Waals surface area contributed by atoms with Crippen molar-refractivity contribution in [1.29, 1.82) is 0 Å². The number of nitro benzene ring substituents is 1. The van der Waals surface area contributed by atoms with E-state index in [9.17, 15) is 24.5 Å². The predicted octanol–water partition coefficient (Wildman–Crippen LogP) is 5.62. The second-order valence-electron chi connectivity index (χ2n) is 8.55. The normalized spacial score (nSPS) is 14.2. The number of amides is 4. The lowest BCUT2D eigenvalue weighted by molar-refractivity contribution is -0.384. The van der Waals surface area contributed by atoms with E-state index in [1.165, 1.54) is 30.3 Å². The third-order valence-corrected chi connectivity index (χ3v) is 6.17. The Hall–Kier alpha value is -4.96. The molecule has 10 nitrogen and oxygen atoms in total. The zero-order valence-corrected chi connectivity index (χ0v) is 22.1. The van der Waals surface area contributed by atoms with Gasteiger partial charge in [-0.05, 0) is 66.9 Å². The molecule has 4 rings (SSSR count). The molecular weight excluding hydrogens is 538 g/mol. The molecule has 1 heterocycles. The molecule has 0 spiro atoms. The number of halogens is 1. The molecule has 4 amide bonds. The highest BCUT2D eigenvalue weighted by atomic mass is 35.5. The second-order valence-corrected chi connectivity index (χ2v) is 8.96. The maximum Gasteiger partial charge on any atom is 0.335 e. The quantitative estimate of drug-likeness (QED) is 0.112. The van der Waals surface area contributed by atoms with Crippen molar-refractivity contribution >= 4 is 46.9 Å². The fraction of sp³-hybridized carbons (Fsp3) is 0.138. The number of nitrogens with one attached hydrogen (secondary N) is 1. The van der Waals surface area contributed by atoms with Crippen molar-refractivity contribution in [3.63, 3.8) is 0 Å². The summed E-state index contributed by atoms with van der Waals surface area (Å²) in [6.45, 7) is 6.00. The Labute approximate surface area is 234 Å². The SMILES string of the molecule is C=CCc1cc(/C=C2\C(=O)NC(=O)N(c3ccccc3Cl)C2=O)cc(OCC)c1OCc1ccc([N+](=O)[O-])cc1. The molecule has 204 valence electrons. The van der Waals surface area contributed by atoms with Gasteiger partial charge in [-0.1, -0.05) is 29.8 Å². The molecule has 40 heavy (non-hydrogen) atoms. The molecule has 1 aliphatic heterocycles. The summed E-state index contributed by atoms with van der Waals surface area (Å²) in [5, 5.41) is 13.3. The van der Waals surface area contributed by atoms with E-state index in [2.05, 4.69) is 11.9 Å². The summed E-state index contributed by atoms with van der Waals surface area (Å²) in [7, 11) is 0. The lowest BCUT2D eigenvalue weighted by Crippen LogP contribution is -2.54. The molecule has 0 saturated carbocycles. The summed E-state index contributed by atoms with van der Waals surface area (Å²) in [5.41, 5.74) is 1.66. The Kier molecular flexibility index (Phi) is 8.60. The molecule has 0 atom stereocenters. The van der Waals surface area contributed by atoms with Crippen LogP contribution in [0.15, 0.2) is 78.9 Å². The molecule has 0 unspecified atom stereocenters. The summed E-state index contributed by atoms with van der Waals surface area (Å²) < 4.78 is 11.9. The number of anilines is 1. The predicted molar refractivity (Wildman–Crippen MR) is 149 cm³/mol. The Morgan fingerprint density at radius 1 is 1.07 bits per heavy atom. The van der Waals surface area contributed by atoms with E-state index in [-0.39, 0.29) is 28.6 Å². The first-order chi connectivity index (χ1) is 19.2. The Morgan fingerprint density at radius 2 is 1.80 bits per heavy atom. The van der Waals surface area contributed by atoms with Crippen molar-refractivity contribution < 1.29 is 28.8 Å². The number of imide groups is 2. The van der Waals surface area contributed by atoms with E-state index in [1.54, 1.807) is 49.4 Å². The minimum atomic E-state index is -0.905. The lowest BCUT2D eigenvalue weighted by Gasteiger charge is -2.27. The van der Waals surface area contributed by atoms with Crippen LogP contribution in [0, 0.1) is 10.1 Å². The first-order valence-electron chi connectivity index (χ1n) is 12.2. The number of carbonyl (C=O) groups is 3. The zero-order valence-electron chi connectivity index (χ0n) is 21.4. The first-order valence-corrected chi connectivity index (χ1v) is 12.5. The van der Waals surface area contributed by atoms with Gasteiger partial charge in [0.05, 0.1) is 22.2 Å². The number of allylic oxidation sites excluding steroid dienone is 1. The molecule has 11 heteroatoms. The van der Waals surface area contributed by atoms with Crippen LogP contribution in [0.3, 0.4) is 0 Å². The number of nitro groups is 1. The van der Waals surface area contributed by atoms with Gasteiger partial charge in [-0.25, -0.2) is 9.69 Å². The Bertz CT molecular complexity index is 1530. The van der Waals surface area contributed by atoms with Gasteiger partial charge >= 0.3 is 6.03 Å². The summed E-state index contributed by atoms with van der Waals surface area (Å²) in [5.74, 6) is -0.892. The van der Waals surface area contributed by atoms with Crippen LogP contribution < -0.4 is 19.7 Å². The van der Waals surface area contributed by atoms with Crippen molar-refractivity contribution in [3.05, 3.63) is 111 Å². The van der Waals surface area contributed by atoms with Crippen molar-refractivity contribution in [3.8, 4) is 11.5 Å². The maximum absolute atomic E-state index is 13.3. The molecule has 0 aromatic heterocycles. The van der Waals surface area contributed by atoms with E-state index in [4.69, 9.17) is 21.1 Å². The van der Waals surface area contributed by atoms with E-state index in [0.717, 1.165) is 4.90 Å². The van der Waals surface area contributed by atoms with Gasteiger partial charge in [0.15, 0.2) is 11.5 Å². The number of nitrogens with zero attached hydrogens (tertiary/aromatic N) is 2. The van der Waals surface area contributed by atoms with Crippen molar-refractivity contribution in [2.45, 2.75) is 20.0 Å². The van der Waals surface area contributed by atoms with Crippen molar-refractivity contribution in [2.75, 3.05) is 11.5 Å². The molecule has 1 aliphatic rings. The molecule has 0 bridgehead atoms. The standard InChI is InChI=1S/C29H24ClN3O7/c1-3-7-20-14-19(15-22-27(34)31-29(36)32(28(22)35)24-9-6-5-8-23(24)30)16-25(39-4-2)26(20)40-17-18-10-12-21(13-11-18)33(37)38/h3,5-6,8-16H,1,4,7,17H2,2H3,(H,31,34,36)/b22-15+. The van der Waals surface area contributed by atoms with E-state index in [0.29, 0.717) is 41.2 Å². The van der Waals surface area contributed by atoms with Crippen LogP contribution in [-0.4, -0.2) is 29.4 Å². The summed E-state index contributed by atoms with van der Waals surface area (Å²) in [6, 6.07) is 14.7. The van der Waals surface area contributed by atoms with Crippen LogP contribution in [-0.2, 0) is 22.6 Å². The molecule has 3 aromatic carbocycles. The average Bonchev–Trinajstić information content (AvgIpc) is 2.92. The van der Waals surface area contributed by atoms with Crippen LogP contribution in [0.2, 0.25) is 5.02 Å². The van der Waals surface area contributed by atoms with Gasteiger partial charge in [-0.15, -0.1) is 6.58 Å². The smallest absolute Gasteiger partial charge is 0.335 e. The van der Waals surface area contributed by atoms with Crippen LogP contribution >= 0.6 is 11.6 Å². The Balaban J connectivity index is 1.70. The third kappa shape index (κ3) is 6.02. The van der Waals surface area contributed by atoms with Gasteiger partial charge in [-0.2, -0.15) is 0 Å². The van der Waals surface area contributed by atoms with E-state index >= 15 is 0 Å². The fourth-order valence-electron chi connectivity index (χ4n) is 4.05. The highest BCUT2D eigenvalue weighted by Gasteiger charge is 2.37. The van der Waals surface area contributed by atoms with Gasteiger partial charge in [0.25, 0.3) is 17.5 Å². The summed E-state index contributed by atoms with van der Waals surface area (Å²) >= 11 is 6.21. The molecular formula is C29H24ClN3O7.